The molecule has 0 N–H and O–H groups in total. The molecular formula is C3H4N2S. The Morgan fingerprint density at radius 2 is 2.50 bits per heavy atom. The lowest BCUT2D eigenvalue weighted by Crippen LogP contribution is -1.85. The largest absolute Gasteiger partial charge is 0.254 e. The van der Waals surface area contributed by atoms with Crippen molar-refractivity contribution in [2.24, 2.45) is 9.98 Å². The van der Waals surface area contributed by atoms with Gasteiger partial charge in [-0.3, -0.25) is 4.99 Å². The Morgan fingerprint density at radius 3 is 2.67 bits per heavy atom. The topological polar surface area (TPSA) is 24.7 Å². The molecule has 0 bridgehead atoms. The molecule has 0 aromatic heterocycles. The molecule has 0 spiro atoms. The van der Waals surface area contributed by atoms with Gasteiger partial charge in [-0.15, -0.1) is 12.6 Å². The number of hydrogen-bond acceptors (Lipinski definition) is 3. The van der Waals surface area contributed by atoms with Crippen molar-refractivity contribution in [3.8, 4) is 0 Å². The van der Waals surface area contributed by atoms with E-state index in [2.05, 4.69) is 22.6 Å². The van der Waals surface area contributed by atoms with Crippen LogP contribution < -0.4 is 0 Å². The fraction of sp³-hybridized carbons (Fsp3) is 0.333. The van der Waals surface area contributed by atoms with Gasteiger partial charge in [0.25, 0.3) is 0 Å². The Kier molecular flexibility index (Phi) is 0.919. The molecule has 0 aromatic rings. The molecule has 6 heavy (non-hydrogen) atoms. The van der Waals surface area contributed by atoms with Gasteiger partial charge in [0.2, 0.25) is 0 Å². The van der Waals surface area contributed by atoms with Gasteiger partial charge in [0.1, 0.15) is 11.7 Å². The van der Waals surface area contributed by atoms with E-state index >= 15 is 0 Å². The summed E-state index contributed by atoms with van der Waals surface area (Å²) in [7, 11) is 0. The van der Waals surface area contributed by atoms with Gasteiger partial charge in [0.05, 0.1) is 0 Å². The van der Waals surface area contributed by atoms with Crippen LogP contribution in [0.15, 0.2) is 9.98 Å². The third-order valence-electron chi connectivity index (χ3n) is 0.505. The first-order valence-electron chi connectivity index (χ1n) is 1.62. The molecule has 0 aromatic carbocycles. The zero-order valence-electron chi connectivity index (χ0n) is 3.07. The molecule has 1 rings (SSSR count). The van der Waals surface area contributed by atoms with Crippen LogP contribution in [0.4, 0.5) is 0 Å². The minimum atomic E-state index is 0.0185. The van der Waals surface area contributed by atoms with Crippen LogP contribution in [0, 0.1) is 0 Å². The fourth-order valence-corrected chi connectivity index (χ4v) is 0.397. The lowest BCUT2D eigenvalue weighted by atomic mass is 10.8. The van der Waals surface area contributed by atoms with Crippen LogP contribution in [0.25, 0.3) is 0 Å². The van der Waals surface area contributed by atoms with Crippen LogP contribution in [0.5, 0.6) is 0 Å². The van der Waals surface area contributed by atoms with Gasteiger partial charge in [-0.05, 0) is 0 Å². The highest BCUT2D eigenvalue weighted by Crippen LogP contribution is 1.94. The average molecular weight is 100 g/mol. The molecule has 1 aliphatic heterocycles. The summed E-state index contributed by atoms with van der Waals surface area (Å²) in [6.07, 6.45) is 3.17. The molecule has 0 fully saturated rings. The third-order valence-corrected chi connectivity index (χ3v) is 0.772. The lowest BCUT2D eigenvalue weighted by molar-refractivity contribution is 1.30. The van der Waals surface area contributed by atoms with Crippen molar-refractivity contribution in [1.29, 1.82) is 0 Å². The second-order valence-corrected chi connectivity index (χ2v) is 1.51. The molecule has 0 radical (unpaired) electrons. The molecular weight excluding hydrogens is 96.1 g/mol. The van der Waals surface area contributed by atoms with Gasteiger partial charge in [0.15, 0.2) is 0 Å². The van der Waals surface area contributed by atoms with Crippen molar-refractivity contribution in [3.05, 3.63) is 0 Å². The highest BCUT2D eigenvalue weighted by atomic mass is 32.1. The second-order valence-electron chi connectivity index (χ2n) is 0.976. The van der Waals surface area contributed by atoms with E-state index in [1.807, 2.05) is 0 Å². The van der Waals surface area contributed by atoms with Gasteiger partial charge < -0.3 is 0 Å². The molecule has 2 nitrogen and oxygen atoms in total. The van der Waals surface area contributed by atoms with E-state index in [4.69, 9.17) is 0 Å². The van der Waals surface area contributed by atoms with E-state index in [0.29, 0.717) is 0 Å². The summed E-state index contributed by atoms with van der Waals surface area (Å²) in [4.78, 5) is 7.42. The quantitative estimate of drug-likeness (QED) is 0.425. The smallest absolute Gasteiger partial charge is 0.129 e. The third kappa shape index (κ3) is 0.597. The summed E-state index contributed by atoms with van der Waals surface area (Å²) >= 11 is 3.95. The van der Waals surface area contributed by atoms with Crippen molar-refractivity contribution in [2.75, 3.05) is 0 Å². The molecule has 0 aliphatic carbocycles. The fourth-order valence-electron chi connectivity index (χ4n) is 0.261. The minimum Gasteiger partial charge on any atom is -0.254 e. The standard InChI is InChI=1S/C3H4N2S/c6-3-1-4-2-5-3/h1-3,6H. The molecule has 0 saturated heterocycles. The summed E-state index contributed by atoms with van der Waals surface area (Å²) in [5.74, 6) is 0. The van der Waals surface area contributed by atoms with Crippen molar-refractivity contribution < 1.29 is 0 Å². The van der Waals surface area contributed by atoms with Gasteiger partial charge in [-0.25, -0.2) is 4.99 Å². The number of thiol groups is 1. The van der Waals surface area contributed by atoms with E-state index in [9.17, 15) is 0 Å². The number of nitrogens with zero attached hydrogens (tertiary/aromatic N) is 2. The highest BCUT2D eigenvalue weighted by Gasteiger charge is 1.93. The van der Waals surface area contributed by atoms with Gasteiger partial charge in [0, 0.05) is 6.21 Å². The first kappa shape index (κ1) is 3.87. The number of hydrogen-bond donors (Lipinski definition) is 1. The Morgan fingerprint density at radius 1 is 1.67 bits per heavy atom. The van der Waals surface area contributed by atoms with Crippen LogP contribution in [0.3, 0.4) is 0 Å². The number of rotatable bonds is 0. The molecule has 0 amide bonds. The van der Waals surface area contributed by atoms with E-state index < -0.39 is 0 Å². The van der Waals surface area contributed by atoms with Crippen molar-refractivity contribution in [2.45, 2.75) is 5.37 Å². The molecule has 1 unspecified atom stereocenters. The maximum atomic E-state index is 3.95. The molecule has 1 atom stereocenters. The summed E-state index contributed by atoms with van der Waals surface area (Å²) in [6.45, 7) is 0. The number of aliphatic imine (C=N–C) groups is 2. The summed E-state index contributed by atoms with van der Waals surface area (Å²) < 4.78 is 0. The van der Waals surface area contributed by atoms with Crippen molar-refractivity contribution >= 4 is 25.2 Å². The van der Waals surface area contributed by atoms with Crippen LogP contribution in [-0.2, 0) is 0 Å². The Hall–Kier alpha value is -0.310. The maximum Gasteiger partial charge on any atom is 0.129 e. The maximum absolute atomic E-state index is 3.95. The van der Waals surface area contributed by atoms with Crippen LogP contribution >= 0.6 is 12.6 Å². The zero-order chi connectivity index (χ0) is 4.41. The predicted octanol–water partition coefficient (Wildman–Crippen LogP) is 0.355. The Labute approximate surface area is 41.4 Å². The summed E-state index contributed by atoms with van der Waals surface area (Å²) in [6, 6.07) is 0. The Bertz CT molecular complexity index is 85.0. The second kappa shape index (κ2) is 1.43. The molecule has 0 saturated carbocycles. The first-order valence-corrected chi connectivity index (χ1v) is 2.14. The summed E-state index contributed by atoms with van der Waals surface area (Å²) in [5, 5.41) is 0.0185. The van der Waals surface area contributed by atoms with Gasteiger partial charge in [-0.1, -0.05) is 0 Å². The van der Waals surface area contributed by atoms with Crippen molar-refractivity contribution in [1.82, 2.24) is 0 Å². The van der Waals surface area contributed by atoms with Crippen LogP contribution in [-0.4, -0.2) is 17.9 Å². The molecule has 3 heteroatoms. The average Bonchev–Trinajstić information content (AvgIpc) is 1.86. The first-order chi connectivity index (χ1) is 2.89. The zero-order valence-corrected chi connectivity index (χ0v) is 3.97. The molecule has 32 valence electrons. The highest BCUT2D eigenvalue weighted by molar-refractivity contribution is 7.81. The SMILES string of the molecule is SC1C=NC=N1. The van der Waals surface area contributed by atoms with E-state index in [1.165, 1.54) is 6.34 Å². The van der Waals surface area contributed by atoms with Gasteiger partial charge in [-0.2, -0.15) is 0 Å². The monoisotopic (exact) mass is 100 g/mol. The normalized spacial score (nSPS) is 29.2. The molecule has 1 aliphatic rings. The lowest BCUT2D eigenvalue weighted by Gasteiger charge is -1.80. The Balaban J connectivity index is 2.60. The predicted molar refractivity (Wildman–Crippen MR) is 29.8 cm³/mol. The van der Waals surface area contributed by atoms with E-state index in [0.717, 1.165) is 0 Å². The van der Waals surface area contributed by atoms with Crippen LogP contribution in [0.1, 0.15) is 0 Å². The van der Waals surface area contributed by atoms with E-state index in [-0.39, 0.29) is 5.37 Å². The molecule has 1 heterocycles. The van der Waals surface area contributed by atoms with Crippen LogP contribution in [0.2, 0.25) is 0 Å². The van der Waals surface area contributed by atoms with Crippen molar-refractivity contribution in [3.63, 3.8) is 0 Å². The summed E-state index contributed by atoms with van der Waals surface area (Å²) in [5.41, 5.74) is 0. The van der Waals surface area contributed by atoms with E-state index in [1.54, 1.807) is 6.21 Å². The minimum absolute atomic E-state index is 0.0185. The van der Waals surface area contributed by atoms with Gasteiger partial charge >= 0.3 is 0 Å².